The number of benzene rings is 3. The lowest BCUT2D eigenvalue weighted by Crippen LogP contribution is -2.06. The third-order valence-electron chi connectivity index (χ3n) is 4.49. The Balaban J connectivity index is 1.95. The molecule has 0 radical (unpaired) electrons. The van der Waals surface area contributed by atoms with Crippen LogP contribution in [-0.2, 0) is 0 Å². The second-order valence-electron chi connectivity index (χ2n) is 6.16. The van der Waals surface area contributed by atoms with Crippen molar-refractivity contribution >= 4 is 13.3 Å². The van der Waals surface area contributed by atoms with Gasteiger partial charge in [-0.1, -0.05) is 90.4 Å². The first-order valence-electron chi connectivity index (χ1n) is 8.50. The normalized spacial score (nSPS) is 10.6. The summed E-state index contributed by atoms with van der Waals surface area (Å²) in [5.74, 6) is 0. The van der Waals surface area contributed by atoms with Gasteiger partial charge in [0, 0.05) is 17.3 Å². The quantitative estimate of drug-likeness (QED) is 0.512. The lowest BCUT2D eigenvalue weighted by atomic mass is 9.85. The number of aromatic nitrogens is 1. The summed E-state index contributed by atoms with van der Waals surface area (Å²) in [7, 11) is 2.15. The van der Waals surface area contributed by atoms with Crippen molar-refractivity contribution in [2.45, 2.75) is 0 Å². The fourth-order valence-corrected chi connectivity index (χ4v) is 3.17. The fraction of sp³-hybridized carbons (Fsp3) is 0. The van der Waals surface area contributed by atoms with Crippen molar-refractivity contribution in [2.24, 2.45) is 0 Å². The molecule has 0 aliphatic heterocycles. The predicted molar refractivity (Wildman–Crippen MR) is 109 cm³/mol. The average molecular weight is 319 g/mol. The summed E-state index contributed by atoms with van der Waals surface area (Å²) in [5, 5.41) is 0. The highest BCUT2D eigenvalue weighted by atomic mass is 14.7. The van der Waals surface area contributed by atoms with Gasteiger partial charge in [-0.05, 0) is 22.8 Å². The second-order valence-corrected chi connectivity index (χ2v) is 6.16. The predicted octanol–water partition coefficient (Wildman–Crippen LogP) is 4.34. The lowest BCUT2D eigenvalue weighted by Gasteiger charge is -2.14. The van der Waals surface area contributed by atoms with Crippen LogP contribution in [-0.4, -0.2) is 12.8 Å². The van der Waals surface area contributed by atoms with E-state index in [9.17, 15) is 0 Å². The van der Waals surface area contributed by atoms with E-state index in [4.69, 9.17) is 4.98 Å². The molecule has 0 bridgehead atoms. The molecule has 0 aliphatic rings. The Morgan fingerprint density at radius 1 is 0.560 bits per heavy atom. The molecular formula is C23H18BN. The van der Waals surface area contributed by atoms with Crippen LogP contribution in [0.15, 0.2) is 97.2 Å². The van der Waals surface area contributed by atoms with E-state index in [1.54, 1.807) is 0 Å². The number of hydrogen-bond acceptors (Lipinski definition) is 1. The van der Waals surface area contributed by atoms with Gasteiger partial charge in [0.1, 0.15) is 7.85 Å². The van der Waals surface area contributed by atoms with Crippen molar-refractivity contribution in [1.29, 1.82) is 0 Å². The van der Waals surface area contributed by atoms with Crippen LogP contribution >= 0.6 is 0 Å². The molecule has 25 heavy (non-hydrogen) atoms. The van der Waals surface area contributed by atoms with E-state index < -0.39 is 0 Å². The molecule has 3 aromatic carbocycles. The van der Waals surface area contributed by atoms with Gasteiger partial charge in [0.05, 0.1) is 5.69 Å². The first-order chi connectivity index (χ1) is 12.3. The molecule has 1 aromatic heterocycles. The van der Waals surface area contributed by atoms with Gasteiger partial charge in [-0.15, -0.1) is 0 Å². The molecule has 118 valence electrons. The van der Waals surface area contributed by atoms with Gasteiger partial charge in [-0.25, -0.2) is 0 Å². The Bertz CT molecular complexity index is 995. The minimum Gasteiger partial charge on any atom is -0.256 e. The van der Waals surface area contributed by atoms with Crippen LogP contribution < -0.4 is 5.46 Å². The standard InChI is InChI=1S/C23H18BN/c24-22-14-8-7-13-19(22)21-16-25-23(18-11-5-2-6-12-18)15-20(21)17-9-3-1-4-10-17/h1-16H,24H2. The number of nitrogens with zero attached hydrogens (tertiary/aromatic N) is 1. The Morgan fingerprint density at radius 3 is 1.84 bits per heavy atom. The molecule has 0 unspecified atom stereocenters. The third-order valence-corrected chi connectivity index (χ3v) is 4.49. The summed E-state index contributed by atoms with van der Waals surface area (Å²) >= 11 is 0. The summed E-state index contributed by atoms with van der Waals surface area (Å²) in [6.45, 7) is 0. The van der Waals surface area contributed by atoms with E-state index in [-0.39, 0.29) is 0 Å². The molecule has 0 spiro atoms. The van der Waals surface area contributed by atoms with Crippen LogP contribution in [0.4, 0.5) is 0 Å². The molecular weight excluding hydrogens is 301 g/mol. The highest BCUT2D eigenvalue weighted by Crippen LogP contribution is 2.33. The van der Waals surface area contributed by atoms with Crippen LogP contribution in [0.1, 0.15) is 0 Å². The van der Waals surface area contributed by atoms with Crippen molar-refractivity contribution in [3.05, 3.63) is 97.2 Å². The second kappa shape index (κ2) is 6.78. The minimum atomic E-state index is 0.997. The number of pyridine rings is 1. The van der Waals surface area contributed by atoms with E-state index >= 15 is 0 Å². The molecule has 0 amide bonds. The summed E-state index contributed by atoms with van der Waals surface area (Å²) in [4.78, 5) is 4.75. The van der Waals surface area contributed by atoms with Gasteiger partial charge in [0.15, 0.2) is 0 Å². The van der Waals surface area contributed by atoms with E-state index in [1.807, 2.05) is 12.3 Å². The largest absolute Gasteiger partial charge is 0.256 e. The summed E-state index contributed by atoms with van der Waals surface area (Å²) < 4.78 is 0. The Kier molecular flexibility index (Phi) is 4.18. The molecule has 0 fully saturated rings. The zero-order valence-electron chi connectivity index (χ0n) is 14.2. The van der Waals surface area contributed by atoms with Gasteiger partial charge in [0.2, 0.25) is 0 Å². The molecule has 1 nitrogen and oxygen atoms in total. The summed E-state index contributed by atoms with van der Waals surface area (Å²) in [6, 6.07) is 31.5. The van der Waals surface area contributed by atoms with Crippen LogP contribution in [0.25, 0.3) is 33.5 Å². The molecule has 0 aliphatic carbocycles. The number of rotatable bonds is 3. The van der Waals surface area contributed by atoms with Crippen LogP contribution in [0.5, 0.6) is 0 Å². The zero-order valence-corrected chi connectivity index (χ0v) is 14.2. The van der Waals surface area contributed by atoms with Gasteiger partial charge in [-0.3, -0.25) is 4.98 Å². The van der Waals surface area contributed by atoms with Crippen molar-refractivity contribution in [2.75, 3.05) is 0 Å². The molecule has 1 heterocycles. The topological polar surface area (TPSA) is 12.9 Å². The highest BCUT2D eigenvalue weighted by molar-refractivity contribution is 6.36. The summed E-state index contributed by atoms with van der Waals surface area (Å²) in [5.41, 5.74) is 8.21. The molecule has 2 heteroatoms. The van der Waals surface area contributed by atoms with E-state index in [0.29, 0.717) is 0 Å². The first-order valence-corrected chi connectivity index (χ1v) is 8.50. The van der Waals surface area contributed by atoms with Gasteiger partial charge in [0.25, 0.3) is 0 Å². The van der Waals surface area contributed by atoms with Crippen LogP contribution in [0.2, 0.25) is 0 Å². The zero-order chi connectivity index (χ0) is 17.1. The van der Waals surface area contributed by atoms with Crippen molar-refractivity contribution < 1.29 is 0 Å². The van der Waals surface area contributed by atoms with Crippen molar-refractivity contribution in [3.8, 4) is 33.5 Å². The SMILES string of the molecule is Bc1ccccc1-c1cnc(-c2ccccc2)cc1-c1ccccc1. The maximum Gasteiger partial charge on any atom is 0.140 e. The Hall–Kier alpha value is -3.13. The maximum atomic E-state index is 4.75. The highest BCUT2D eigenvalue weighted by Gasteiger charge is 2.12. The van der Waals surface area contributed by atoms with Crippen molar-refractivity contribution in [3.63, 3.8) is 0 Å². The Morgan fingerprint density at radius 2 is 1.16 bits per heavy atom. The first kappa shape index (κ1) is 15.4. The average Bonchev–Trinajstić information content (AvgIpc) is 2.69. The molecule has 0 N–H and O–H groups in total. The van der Waals surface area contributed by atoms with Gasteiger partial charge < -0.3 is 0 Å². The van der Waals surface area contributed by atoms with Crippen molar-refractivity contribution in [1.82, 2.24) is 4.98 Å². The van der Waals surface area contributed by atoms with Crippen LogP contribution in [0, 0.1) is 0 Å². The molecule has 0 saturated heterocycles. The Labute approximate surface area is 149 Å². The maximum absolute atomic E-state index is 4.75. The molecule has 0 saturated carbocycles. The lowest BCUT2D eigenvalue weighted by molar-refractivity contribution is 1.33. The van der Waals surface area contributed by atoms with E-state index in [2.05, 4.69) is 92.8 Å². The van der Waals surface area contributed by atoms with E-state index in [0.717, 1.165) is 11.3 Å². The third kappa shape index (κ3) is 3.11. The fourth-order valence-electron chi connectivity index (χ4n) is 3.17. The molecule has 4 aromatic rings. The minimum absolute atomic E-state index is 0.997. The van der Waals surface area contributed by atoms with Gasteiger partial charge in [-0.2, -0.15) is 0 Å². The number of hydrogen-bond donors (Lipinski definition) is 0. The van der Waals surface area contributed by atoms with Gasteiger partial charge >= 0.3 is 0 Å². The smallest absolute Gasteiger partial charge is 0.140 e. The van der Waals surface area contributed by atoms with Crippen LogP contribution in [0.3, 0.4) is 0 Å². The monoisotopic (exact) mass is 319 g/mol. The molecule has 4 rings (SSSR count). The summed E-state index contributed by atoms with van der Waals surface area (Å²) in [6.07, 6.45) is 2.01. The van der Waals surface area contributed by atoms with E-state index in [1.165, 1.54) is 27.7 Å². The molecule has 0 atom stereocenters.